The Morgan fingerprint density at radius 3 is 1.44 bits per heavy atom. The number of benzene rings is 9. The van der Waals surface area contributed by atoms with E-state index in [1.807, 2.05) is 0 Å². The van der Waals surface area contributed by atoms with Crippen molar-refractivity contribution in [3.8, 4) is 33.4 Å². The first-order chi connectivity index (χ1) is 26.8. The van der Waals surface area contributed by atoms with E-state index in [0.29, 0.717) is 0 Å². The highest BCUT2D eigenvalue weighted by molar-refractivity contribution is 6.11. The lowest BCUT2D eigenvalue weighted by molar-refractivity contribution is 0.775. The smallest absolute Gasteiger partial charge is 0.0719 e. The Morgan fingerprint density at radius 1 is 0.333 bits per heavy atom. The lowest BCUT2D eigenvalue weighted by Crippen LogP contribution is -2.29. The van der Waals surface area contributed by atoms with Gasteiger partial charge in [0.05, 0.1) is 16.8 Å². The van der Waals surface area contributed by atoms with Crippen molar-refractivity contribution in [1.82, 2.24) is 0 Å². The van der Waals surface area contributed by atoms with Crippen LogP contribution in [-0.4, -0.2) is 0 Å². The molecule has 9 aromatic carbocycles. The third-order valence-corrected chi connectivity index (χ3v) is 11.1. The van der Waals surface area contributed by atoms with Gasteiger partial charge in [0, 0.05) is 16.6 Å². The second-order valence-electron chi connectivity index (χ2n) is 14.0. The zero-order valence-electron chi connectivity index (χ0n) is 29.8. The Hall–Kier alpha value is -6.96. The molecule has 0 spiro atoms. The van der Waals surface area contributed by atoms with Crippen LogP contribution in [0.5, 0.6) is 0 Å². The molecule has 54 heavy (non-hydrogen) atoms. The van der Waals surface area contributed by atoms with Crippen molar-refractivity contribution in [2.45, 2.75) is 5.41 Å². The molecule has 9 aromatic rings. The number of hydrogen-bond donors (Lipinski definition) is 0. The first-order valence-electron chi connectivity index (χ1n) is 18.7. The van der Waals surface area contributed by atoms with Crippen LogP contribution in [0.2, 0.25) is 0 Å². The van der Waals surface area contributed by atoms with Crippen LogP contribution in [0.4, 0.5) is 17.1 Å². The van der Waals surface area contributed by atoms with Crippen LogP contribution in [0.25, 0.3) is 44.2 Å². The van der Waals surface area contributed by atoms with Crippen molar-refractivity contribution >= 4 is 27.8 Å². The van der Waals surface area contributed by atoms with E-state index < -0.39 is 5.41 Å². The van der Waals surface area contributed by atoms with Crippen LogP contribution < -0.4 is 4.90 Å². The first kappa shape index (κ1) is 31.7. The molecule has 254 valence electrons. The van der Waals surface area contributed by atoms with E-state index in [2.05, 4.69) is 229 Å². The summed E-state index contributed by atoms with van der Waals surface area (Å²) in [6.07, 6.45) is 0. The monoisotopic (exact) mass is 687 g/mol. The van der Waals surface area contributed by atoms with Crippen molar-refractivity contribution in [3.05, 3.63) is 247 Å². The Balaban J connectivity index is 1.38. The van der Waals surface area contributed by atoms with Crippen molar-refractivity contribution in [1.29, 1.82) is 0 Å². The number of hydrogen-bond acceptors (Lipinski definition) is 1. The second kappa shape index (κ2) is 13.2. The van der Waals surface area contributed by atoms with Gasteiger partial charge in [-0.2, -0.15) is 0 Å². The Kier molecular flexibility index (Phi) is 7.78. The van der Waals surface area contributed by atoms with E-state index in [0.717, 1.165) is 17.1 Å². The van der Waals surface area contributed by atoms with Gasteiger partial charge in [-0.25, -0.2) is 0 Å². The van der Waals surface area contributed by atoms with Crippen LogP contribution in [-0.2, 0) is 5.41 Å². The zero-order valence-corrected chi connectivity index (χ0v) is 29.8. The molecule has 0 saturated heterocycles. The Bertz CT molecular complexity index is 2700. The molecule has 0 bridgehead atoms. The molecule has 1 aliphatic carbocycles. The van der Waals surface area contributed by atoms with Gasteiger partial charge in [0.25, 0.3) is 0 Å². The average molecular weight is 688 g/mol. The summed E-state index contributed by atoms with van der Waals surface area (Å²) in [6.45, 7) is 0. The van der Waals surface area contributed by atoms with Gasteiger partial charge < -0.3 is 4.90 Å². The van der Waals surface area contributed by atoms with E-state index >= 15 is 0 Å². The normalized spacial score (nSPS) is 12.6. The van der Waals surface area contributed by atoms with Crippen LogP contribution in [0, 0.1) is 0 Å². The summed E-state index contributed by atoms with van der Waals surface area (Å²) in [6, 6.07) is 82.0. The molecule has 0 amide bonds. The van der Waals surface area contributed by atoms with Gasteiger partial charge in [-0.15, -0.1) is 0 Å². The fourth-order valence-electron chi connectivity index (χ4n) is 8.95. The minimum atomic E-state index is -0.560. The largest absolute Gasteiger partial charge is 0.309 e. The van der Waals surface area contributed by atoms with Crippen molar-refractivity contribution < 1.29 is 0 Å². The van der Waals surface area contributed by atoms with Crippen molar-refractivity contribution in [3.63, 3.8) is 0 Å². The van der Waals surface area contributed by atoms with Crippen LogP contribution in [0.3, 0.4) is 0 Å². The molecule has 10 rings (SSSR count). The number of anilines is 3. The molecule has 1 aliphatic rings. The van der Waals surface area contributed by atoms with Crippen LogP contribution in [0.15, 0.2) is 224 Å². The topological polar surface area (TPSA) is 3.24 Å². The molecule has 0 fully saturated rings. The predicted molar refractivity (Wildman–Crippen MR) is 227 cm³/mol. The van der Waals surface area contributed by atoms with E-state index in [1.54, 1.807) is 0 Å². The summed E-state index contributed by atoms with van der Waals surface area (Å²) in [4.78, 5) is 2.47. The van der Waals surface area contributed by atoms with Gasteiger partial charge in [-0.1, -0.05) is 200 Å². The predicted octanol–water partition coefficient (Wildman–Crippen LogP) is 14.0. The van der Waals surface area contributed by atoms with Gasteiger partial charge in [0.2, 0.25) is 0 Å². The average Bonchev–Trinajstić information content (AvgIpc) is 3.57. The molecule has 0 aromatic heterocycles. The van der Waals surface area contributed by atoms with E-state index in [9.17, 15) is 0 Å². The van der Waals surface area contributed by atoms with E-state index in [-0.39, 0.29) is 0 Å². The number of para-hydroxylation sites is 2. The van der Waals surface area contributed by atoms with Gasteiger partial charge in [-0.05, 0) is 79.7 Å². The quantitative estimate of drug-likeness (QED) is 0.161. The third kappa shape index (κ3) is 4.94. The molecule has 0 radical (unpaired) electrons. The molecule has 1 nitrogen and oxygen atoms in total. The fraction of sp³-hybridized carbons (Fsp3) is 0.0189. The minimum absolute atomic E-state index is 0.560. The molecule has 0 saturated carbocycles. The summed E-state index contributed by atoms with van der Waals surface area (Å²) in [7, 11) is 0. The second-order valence-corrected chi connectivity index (χ2v) is 14.0. The number of fused-ring (bicyclic) bond motifs is 5. The summed E-state index contributed by atoms with van der Waals surface area (Å²) in [5, 5.41) is 2.44. The molecule has 0 N–H and O–H groups in total. The molecule has 0 atom stereocenters. The molecule has 1 heteroatoms. The summed E-state index contributed by atoms with van der Waals surface area (Å²) in [5.41, 5.74) is 15.3. The summed E-state index contributed by atoms with van der Waals surface area (Å²) in [5.74, 6) is 0. The van der Waals surface area contributed by atoms with E-state index in [1.165, 1.54) is 66.4 Å². The highest BCUT2D eigenvalue weighted by Gasteiger charge is 2.48. The third-order valence-electron chi connectivity index (χ3n) is 11.1. The standard InChI is InChI=1S/C53H37N/c1-6-21-38(22-7-1)43-31-18-19-36-49(43)54(42-29-14-5-15-30-42)50-37-47-51-44(39-23-8-2-9-24-39)34-20-35-48(51)53(40-25-10-3-11-26-40,41-27-12-4-13-28-41)52(47)46-33-17-16-32-45(46)50/h1-37H. The minimum Gasteiger partial charge on any atom is -0.309 e. The fourth-order valence-corrected chi connectivity index (χ4v) is 8.95. The van der Waals surface area contributed by atoms with Crippen molar-refractivity contribution in [2.24, 2.45) is 0 Å². The molecule has 0 unspecified atom stereocenters. The first-order valence-corrected chi connectivity index (χ1v) is 18.7. The van der Waals surface area contributed by atoms with E-state index in [4.69, 9.17) is 0 Å². The Labute approximate surface area is 317 Å². The maximum atomic E-state index is 2.49. The molecule has 0 heterocycles. The number of nitrogens with zero attached hydrogens (tertiary/aromatic N) is 1. The SMILES string of the molecule is c1ccc(-c2ccccc2N(c2ccccc2)c2cc3c(c4ccccc24)C(c2ccccc2)(c2ccccc2)c2cccc(-c4ccccc4)c2-3)cc1. The van der Waals surface area contributed by atoms with Gasteiger partial charge in [0.15, 0.2) is 0 Å². The molecule has 0 aliphatic heterocycles. The molecular formula is C53H37N. The summed E-state index contributed by atoms with van der Waals surface area (Å²) >= 11 is 0. The lowest BCUT2D eigenvalue weighted by atomic mass is 9.66. The Morgan fingerprint density at radius 2 is 0.815 bits per heavy atom. The maximum absolute atomic E-state index is 2.49. The zero-order chi connectivity index (χ0) is 35.9. The van der Waals surface area contributed by atoms with Gasteiger partial charge >= 0.3 is 0 Å². The van der Waals surface area contributed by atoms with Gasteiger partial charge in [-0.3, -0.25) is 0 Å². The summed E-state index contributed by atoms with van der Waals surface area (Å²) < 4.78 is 0. The maximum Gasteiger partial charge on any atom is 0.0719 e. The van der Waals surface area contributed by atoms with Gasteiger partial charge in [0.1, 0.15) is 0 Å². The highest BCUT2D eigenvalue weighted by atomic mass is 15.1. The highest BCUT2D eigenvalue weighted by Crippen LogP contribution is 2.61. The lowest BCUT2D eigenvalue weighted by Gasteiger charge is -2.35. The number of rotatable bonds is 7. The van der Waals surface area contributed by atoms with Crippen LogP contribution in [0.1, 0.15) is 22.3 Å². The van der Waals surface area contributed by atoms with Crippen LogP contribution >= 0.6 is 0 Å². The molecular weight excluding hydrogens is 651 g/mol. The van der Waals surface area contributed by atoms with Crippen molar-refractivity contribution in [2.75, 3.05) is 4.90 Å².